The quantitative estimate of drug-likeness (QED) is 0.147. The molecule has 3 aromatic heterocycles. The van der Waals surface area contributed by atoms with Gasteiger partial charge in [-0.25, -0.2) is 32.8 Å². The summed E-state index contributed by atoms with van der Waals surface area (Å²) in [5.41, 5.74) is -2.00. The van der Waals surface area contributed by atoms with E-state index in [2.05, 4.69) is 25.8 Å². The van der Waals surface area contributed by atoms with Crippen LogP contribution in [0.2, 0.25) is 0 Å². The van der Waals surface area contributed by atoms with Gasteiger partial charge in [0.2, 0.25) is 0 Å². The standard InChI is InChI=1S/C44H45F3N8O5/c1-6-30-33(46)15-14-27-21-29(59-41(56)52(5)34-13-8-9-17-48-34)22-31(35(27)30)37-36(47)38-32(24-49-37)39(54-19-10-7-11-20-55(54)42(57)60-43(2,3)4)51-40(50-38)58-26-44-16-12-18-53(44)25-28(45)23-44/h1,8-9,13-15,17,21-22,24,28H,7,10-12,16,18-20,23,25-26H2,2-5H3/t28-,44+/m1/s1. The highest BCUT2D eigenvalue weighted by Gasteiger charge is 2.49. The Morgan fingerprint density at radius 1 is 1.03 bits per heavy atom. The van der Waals surface area contributed by atoms with Crippen LogP contribution in [0.4, 0.5) is 34.4 Å². The number of carbonyl (C=O) groups is 2. The highest BCUT2D eigenvalue weighted by atomic mass is 19.1. The second-order valence-electron chi connectivity index (χ2n) is 16.4. The number of hydrogen-bond acceptors (Lipinski definition) is 11. The van der Waals surface area contributed by atoms with Gasteiger partial charge in [0, 0.05) is 56.4 Å². The molecule has 0 bridgehead atoms. The normalized spacial score (nSPS) is 19.5. The molecule has 0 aliphatic carbocycles. The zero-order valence-corrected chi connectivity index (χ0v) is 33.9. The van der Waals surface area contributed by atoms with Gasteiger partial charge in [0.25, 0.3) is 0 Å². The predicted octanol–water partition coefficient (Wildman–Crippen LogP) is 8.23. The van der Waals surface area contributed by atoms with Crippen LogP contribution in [0, 0.1) is 24.0 Å². The fourth-order valence-corrected chi connectivity index (χ4v) is 8.40. The predicted molar refractivity (Wildman–Crippen MR) is 219 cm³/mol. The maximum Gasteiger partial charge on any atom is 0.429 e. The number of fused-ring (bicyclic) bond motifs is 3. The molecule has 13 nitrogen and oxygen atoms in total. The lowest BCUT2D eigenvalue weighted by molar-refractivity contribution is 0.0232. The van der Waals surface area contributed by atoms with E-state index in [0.717, 1.165) is 19.4 Å². The lowest BCUT2D eigenvalue weighted by Gasteiger charge is -2.36. The first kappa shape index (κ1) is 40.6. The number of alkyl halides is 1. The van der Waals surface area contributed by atoms with E-state index in [4.69, 9.17) is 25.6 Å². The first-order chi connectivity index (χ1) is 28.7. The molecule has 2 atom stereocenters. The average molecular weight is 823 g/mol. The third kappa shape index (κ3) is 7.81. The molecule has 2 amide bonds. The zero-order chi connectivity index (χ0) is 42.3. The Bertz CT molecular complexity index is 2510. The van der Waals surface area contributed by atoms with Gasteiger partial charge in [0.05, 0.1) is 16.5 Å². The Labute approximate surface area is 345 Å². The lowest BCUT2D eigenvalue weighted by atomic mass is 9.95. The lowest BCUT2D eigenvalue weighted by Crippen LogP contribution is -2.49. The van der Waals surface area contributed by atoms with E-state index < -0.39 is 41.1 Å². The molecule has 3 aliphatic rings. The van der Waals surface area contributed by atoms with E-state index >= 15 is 8.78 Å². The van der Waals surface area contributed by atoms with E-state index in [1.165, 1.54) is 53.6 Å². The summed E-state index contributed by atoms with van der Waals surface area (Å²) in [5.74, 6) is 1.19. The fraction of sp³-hybridized carbons (Fsp3) is 0.409. The molecule has 60 heavy (non-hydrogen) atoms. The van der Waals surface area contributed by atoms with Crippen molar-refractivity contribution in [1.29, 1.82) is 0 Å². The van der Waals surface area contributed by atoms with Gasteiger partial charge in [0.1, 0.15) is 47.0 Å². The maximum atomic E-state index is 17.6. The molecule has 3 aliphatic heterocycles. The Morgan fingerprint density at radius 3 is 2.62 bits per heavy atom. The van der Waals surface area contributed by atoms with Crippen LogP contribution in [0.1, 0.15) is 64.9 Å². The van der Waals surface area contributed by atoms with Crippen LogP contribution in [-0.2, 0) is 4.74 Å². The average Bonchev–Trinajstić information content (AvgIpc) is 3.63. The topological polar surface area (TPSA) is 126 Å². The number of rotatable bonds is 7. The van der Waals surface area contributed by atoms with Crippen LogP contribution in [0.15, 0.2) is 54.9 Å². The first-order valence-corrected chi connectivity index (χ1v) is 20.0. The molecule has 0 unspecified atom stereocenters. The summed E-state index contributed by atoms with van der Waals surface area (Å²) in [6.07, 6.45) is 10.4. The zero-order valence-electron chi connectivity index (χ0n) is 33.9. The molecule has 6 heterocycles. The largest absolute Gasteiger partial charge is 0.461 e. The smallest absolute Gasteiger partial charge is 0.429 e. The SMILES string of the molecule is C#Cc1c(F)ccc2cc(OC(=O)N(C)c3ccccn3)cc(-c3ncc4c(N5CCCCCN5C(=O)OC(C)(C)C)nc(OC[C@@]56CCCN5C[C@H](F)C6)nc4c3F)c12. The number of carbonyl (C=O) groups excluding carboxylic acids is 2. The monoisotopic (exact) mass is 822 g/mol. The van der Waals surface area contributed by atoms with Gasteiger partial charge in [-0.05, 0) is 95.1 Å². The number of ether oxygens (including phenoxy) is 3. The number of amides is 2. The highest BCUT2D eigenvalue weighted by molar-refractivity contribution is 6.03. The summed E-state index contributed by atoms with van der Waals surface area (Å²) in [4.78, 5) is 48.5. The van der Waals surface area contributed by atoms with Gasteiger partial charge in [-0.3, -0.25) is 19.8 Å². The van der Waals surface area contributed by atoms with Crippen molar-refractivity contribution in [2.75, 3.05) is 49.7 Å². The number of hydrogen-bond donors (Lipinski definition) is 0. The third-order valence-corrected chi connectivity index (χ3v) is 11.2. The van der Waals surface area contributed by atoms with Crippen LogP contribution in [0.5, 0.6) is 11.8 Å². The number of hydrazine groups is 1. The number of aromatic nitrogens is 4. The van der Waals surface area contributed by atoms with E-state index in [9.17, 15) is 14.0 Å². The first-order valence-electron chi connectivity index (χ1n) is 20.0. The summed E-state index contributed by atoms with van der Waals surface area (Å²) >= 11 is 0. The molecule has 3 saturated heterocycles. The number of anilines is 2. The number of nitrogens with zero attached hydrogens (tertiary/aromatic N) is 8. The van der Waals surface area contributed by atoms with Crippen molar-refractivity contribution < 1.29 is 37.0 Å². The molecule has 5 aromatic rings. The molecule has 16 heteroatoms. The van der Waals surface area contributed by atoms with Crippen LogP contribution < -0.4 is 19.4 Å². The summed E-state index contributed by atoms with van der Waals surface area (Å²) in [7, 11) is 1.49. The van der Waals surface area contributed by atoms with E-state index in [1.54, 1.807) is 44.0 Å². The summed E-state index contributed by atoms with van der Waals surface area (Å²) in [6, 6.07) is 10.4. The second kappa shape index (κ2) is 16.1. The molecule has 3 fully saturated rings. The molecule has 0 N–H and O–H groups in total. The van der Waals surface area contributed by atoms with Gasteiger partial charge in [-0.1, -0.05) is 18.1 Å². The second-order valence-corrected chi connectivity index (χ2v) is 16.4. The van der Waals surface area contributed by atoms with Crippen molar-refractivity contribution in [3.63, 3.8) is 0 Å². The molecular formula is C44H45F3N8O5. The van der Waals surface area contributed by atoms with E-state index in [0.29, 0.717) is 50.1 Å². The van der Waals surface area contributed by atoms with E-state index in [1.807, 2.05) is 0 Å². The highest BCUT2D eigenvalue weighted by Crippen LogP contribution is 2.42. The molecule has 8 rings (SSSR count). The fourth-order valence-electron chi connectivity index (χ4n) is 8.40. The van der Waals surface area contributed by atoms with Gasteiger partial charge in [-0.15, -0.1) is 6.42 Å². The Morgan fingerprint density at radius 2 is 1.85 bits per heavy atom. The van der Waals surface area contributed by atoms with Gasteiger partial charge < -0.3 is 14.2 Å². The van der Waals surface area contributed by atoms with Crippen molar-refractivity contribution in [1.82, 2.24) is 29.8 Å². The number of pyridine rings is 2. The minimum absolute atomic E-state index is 0.00534. The minimum atomic E-state index is -1.01. The Balaban J connectivity index is 1.28. The van der Waals surface area contributed by atoms with Crippen molar-refractivity contribution in [3.8, 4) is 35.4 Å². The van der Waals surface area contributed by atoms with Crippen LogP contribution in [-0.4, -0.2) is 99.2 Å². The van der Waals surface area contributed by atoms with Crippen molar-refractivity contribution >= 4 is 45.5 Å². The molecular weight excluding hydrogens is 778 g/mol. The summed E-state index contributed by atoms with van der Waals surface area (Å²) in [6.45, 7) is 7.03. The van der Waals surface area contributed by atoms with Crippen LogP contribution in [0.3, 0.4) is 0 Å². The number of halogens is 3. The van der Waals surface area contributed by atoms with Gasteiger partial charge in [0.15, 0.2) is 11.6 Å². The van der Waals surface area contributed by atoms with Crippen LogP contribution in [0.25, 0.3) is 32.9 Å². The third-order valence-electron chi connectivity index (χ3n) is 11.2. The molecule has 0 radical (unpaired) electrons. The molecule has 312 valence electrons. The van der Waals surface area contributed by atoms with Crippen molar-refractivity contribution in [2.45, 2.75) is 76.6 Å². The maximum absolute atomic E-state index is 17.6. The minimum Gasteiger partial charge on any atom is -0.461 e. The van der Waals surface area contributed by atoms with E-state index in [-0.39, 0.29) is 63.7 Å². The molecule has 0 saturated carbocycles. The number of benzene rings is 2. The van der Waals surface area contributed by atoms with Crippen molar-refractivity contribution in [3.05, 3.63) is 72.1 Å². The summed E-state index contributed by atoms with van der Waals surface area (Å²) in [5, 5.41) is 3.74. The Hall–Kier alpha value is -6.21. The molecule has 2 aromatic carbocycles. The molecule has 0 spiro atoms. The van der Waals surface area contributed by atoms with Crippen molar-refractivity contribution in [2.24, 2.45) is 0 Å². The Kier molecular flexibility index (Phi) is 10.9. The number of terminal acetylenes is 1. The van der Waals surface area contributed by atoms with Gasteiger partial charge >= 0.3 is 18.2 Å². The summed E-state index contributed by atoms with van der Waals surface area (Å²) < 4.78 is 65.6. The van der Waals surface area contributed by atoms with Gasteiger partial charge in [-0.2, -0.15) is 9.97 Å². The van der Waals surface area contributed by atoms with Crippen LogP contribution >= 0.6 is 0 Å².